The number of para-hydroxylation sites is 1. The Kier molecular flexibility index (Phi) is 5.89. The molecule has 2 aromatic carbocycles. The lowest BCUT2D eigenvalue weighted by Crippen LogP contribution is -2.37. The molecule has 6 rings (SSSR count). The third-order valence-electron chi connectivity index (χ3n) is 5.98. The lowest BCUT2D eigenvalue weighted by atomic mass is 10.1. The molecule has 3 aromatic heterocycles. The minimum Gasteiger partial charge on any atom is -0.494 e. The van der Waals surface area contributed by atoms with Gasteiger partial charge in [0.05, 0.1) is 17.9 Å². The zero-order valence-electron chi connectivity index (χ0n) is 20.1. The van der Waals surface area contributed by atoms with E-state index in [0.29, 0.717) is 45.6 Å². The summed E-state index contributed by atoms with van der Waals surface area (Å²) in [5.41, 5.74) is 2.21. The largest absolute Gasteiger partial charge is 0.494 e. The average molecular weight is 525 g/mol. The van der Waals surface area contributed by atoms with Crippen LogP contribution in [0.2, 0.25) is 0 Å². The molecule has 1 aliphatic rings. The maximum absolute atomic E-state index is 13.6. The number of pyridine rings is 1. The Labute approximate surface area is 219 Å². The molecular formula is C27H20N6O4S. The molecule has 0 radical (unpaired) electrons. The maximum Gasteiger partial charge on any atom is 0.291 e. The van der Waals surface area contributed by atoms with Crippen LogP contribution >= 0.6 is 11.3 Å². The number of ether oxygens (including phenoxy) is 1. The van der Waals surface area contributed by atoms with Gasteiger partial charge in [0.15, 0.2) is 5.82 Å². The summed E-state index contributed by atoms with van der Waals surface area (Å²) in [6, 6.07) is 17.7. The van der Waals surface area contributed by atoms with Crippen LogP contribution in [0.5, 0.6) is 5.75 Å². The van der Waals surface area contributed by atoms with Crippen molar-refractivity contribution < 1.29 is 14.3 Å². The number of rotatable bonds is 6. The number of aromatic nitrogens is 4. The molecule has 10 nitrogen and oxygen atoms in total. The zero-order chi connectivity index (χ0) is 26.2. The van der Waals surface area contributed by atoms with Crippen molar-refractivity contribution in [2.24, 2.45) is 0 Å². The summed E-state index contributed by atoms with van der Waals surface area (Å²) < 4.78 is 6.86. The monoisotopic (exact) mass is 524 g/mol. The zero-order valence-corrected chi connectivity index (χ0v) is 20.9. The summed E-state index contributed by atoms with van der Waals surface area (Å²) in [5, 5.41) is 7.15. The third-order valence-corrected chi connectivity index (χ3v) is 7.01. The molecule has 0 saturated heterocycles. The van der Waals surface area contributed by atoms with Gasteiger partial charge in [-0.05, 0) is 49.4 Å². The van der Waals surface area contributed by atoms with E-state index in [0.717, 1.165) is 11.3 Å². The molecule has 0 unspecified atom stereocenters. The summed E-state index contributed by atoms with van der Waals surface area (Å²) >= 11 is 1.09. The van der Waals surface area contributed by atoms with E-state index in [9.17, 15) is 14.4 Å². The Morgan fingerprint density at radius 3 is 2.61 bits per heavy atom. The van der Waals surface area contributed by atoms with Gasteiger partial charge in [0.1, 0.15) is 16.8 Å². The molecule has 1 aliphatic heterocycles. The molecule has 0 fully saturated rings. The van der Waals surface area contributed by atoms with Crippen molar-refractivity contribution in [2.75, 3.05) is 23.4 Å². The first-order valence-corrected chi connectivity index (χ1v) is 12.6. The van der Waals surface area contributed by atoms with Crippen molar-refractivity contribution in [2.45, 2.75) is 6.92 Å². The highest BCUT2D eigenvalue weighted by Crippen LogP contribution is 2.35. The highest BCUT2D eigenvalue weighted by atomic mass is 32.1. The van der Waals surface area contributed by atoms with Gasteiger partial charge >= 0.3 is 0 Å². The van der Waals surface area contributed by atoms with Gasteiger partial charge < -0.3 is 10.1 Å². The van der Waals surface area contributed by atoms with Crippen LogP contribution in [0.4, 0.5) is 11.4 Å². The molecule has 0 saturated carbocycles. The minimum atomic E-state index is -0.438. The van der Waals surface area contributed by atoms with Crippen molar-refractivity contribution >= 4 is 45.1 Å². The predicted molar refractivity (Wildman–Crippen MR) is 143 cm³/mol. The Balaban J connectivity index is 1.33. The second-order valence-electron chi connectivity index (χ2n) is 8.40. The fourth-order valence-electron chi connectivity index (χ4n) is 4.30. The van der Waals surface area contributed by atoms with Crippen molar-refractivity contribution in [1.29, 1.82) is 0 Å². The fourth-order valence-corrected chi connectivity index (χ4v) is 5.30. The molecule has 0 spiro atoms. The Morgan fingerprint density at radius 1 is 1.05 bits per heavy atom. The van der Waals surface area contributed by atoms with Gasteiger partial charge in [-0.2, -0.15) is 9.50 Å². The standard InChI is InChI=1S/C27H20N6O4S/c1-2-37-18-11-9-17(10-12-18)29-21(34)15-32-20-8-4-3-7-19(20)22(25(32)35)23-26(36)33-27(38-23)30-24(31-33)16-6-5-13-28-14-16/h3-14H,2,15H2,1H3,(H,29,34)/b23-22-. The number of anilines is 2. The highest BCUT2D eigenvalue weighted by Gasteiger charge is 2.35. The molecule has 0 bridgehead atoms. The fraction of sp³-hybridized carbons (Fsp3) is 0.111. The van der Waals surface area contributed by atoms with Gasteiger partial charge in [-0.1, -0.05) is 29.5 Å². The molecule has 2 amide bonds. The molecule has 38 heavy (non-hydrogen) atoms. The van der Waals surface area contributed by atoms with Gasteiger partial charge in [0, 0.05) is 29.2 Å². The number of fused-ring (bicyclic) bond motifs is 2. The molecule has 11 heteroatoms. The van der Waals surface area contributed by atoms with Gasteiger partial charge in [-0.15, -0.1) is 5.10 Å². The van der Waals surface area contributed by atoms with Gasteiger partial charge in [0.25, 0.3) is 11.5 Å². The Morgan fingerprint density at radius 2 is 1.87 bits per heavy atom. The summed E-state index contributed by atoms with van der Waals surface area (Å²) in [4.78, 5) is 50.1. The van der Waals surface area contributed by atoms with Crippen LogP contribution in [0, 0.1) is 0 Å². The number of amides is 2. The highest BCUT2D eigenvalue weighted by molar-refractivity contribution is 7.15. The smallest absolute Gasteiger partial charge is 0.291 e. The van der Waals surface area contributed by atoms with E-state index in [1.165, 1.54) is 9.42 Å². The quantitative estimate of drug-likeness (QED) is 0.363. The SMILES string of the molecule is CCOc1ccc(NC(=O)CN2C(=O)/C(=c3\sc4nc(-c5cccnc5)nn4c3=O)c3ccccc32)cc1. The number of nitrogens with one attached hydrogen (secondary N) is 1. The van der Waals surface area contributed by atoms with Gasteiger partial charge in [0.2, 0.25) is 10.9 Å². The predicted octanol–water partition coefficient (Wildman–Crippen LogP) is 2.51. The topological polar surface area (TPSA) is 119 Å². The van der Waals surface area contributed by atoms with Crippen LogP contribution in [0.15, 0.2) is 77.9 Å². The van der Waals surface area contributed by atoms with Crippen molar-refractivity contribution in [3.8, 4) is 17.1 Å². The number of carbonyl (C=O) groups is 2. The summed E-state index contributed by atoms with van der Waals surface area (Å²) in [6.07, 6.45) is 3.26. The maximum atomic E-state index is 13.6. The molecule has 0 aliphatic carbocycles. The van der Waals surface area contributed by atoms with Crippen LogP contribution in [-0.4, -0.2) is 44.5 Å². The number of carbonyl (C=O) groups excluding carboxylic acids is 2. The van der Waals surface area contributed by atoms with Crippen LogP contribution in [0.3, 0.4) is 0 Å². The van der Waals surface area contributed by atoms with Gasteiger partial charge in [-0.3, -0.25) is 24.3 Å². The molecule has 5 aromatic rings. The molecule has 4 heterocycles. The molecule has 0 atom stereocenters. The van der Waals surface area contributed by atoms with E-state index in [4.69, 9.17) is 4.74 Å². The van der Waals surface area contributed by atoms with Gasteiger partial charge in [-0.25, -0.2) is 0 Å². The number of thiazole rings is 1. The number of hydrogen-bond donors (Lipinski definition) is 1. The molecule has 1 N–H and O–H groups in total. The molecular weight excluding hydrogens is 504 g/mol. The number of benzene rings is 2. The van der Waals surface area contributed by atoms with Crippen molar-refractivity contribution in [3.05, 3.63) is 93.5 Å². The number of hydrogen-bond acceptors (Lipinski definition) is 8. The van der Waals surface area contributed by atoms with E-state index in [-0.39, 0.29) is 22.6 Å². The summed E-state index contributed by atoms with van der Waals surface area (Å²) in [7, 11) is 0. The normalized spacial score (nSPS) is 14.1. The van der Waals surface area contributed by atoms with E-state index >= 15 is 0 Å². The van der Waals surface area contributed by atoms with Crippen LogP contribution in [0.25, 0.3) is 21.9 Å². The first kappa shape index (κ1) is 23.5. The summed E-state index contributed by atoms with van der Waals surface area (Å²) in [6.45, 7) is 2.22. The van der Waals surface area contributed by atoms with E-state index in [1.54, 1.807) is 73.1 Å². The second kappa shape index (κ2) is 9.52. The Bertz CT molecular complexity index is 1800. The van der Waals surface area contributed by atoms with Crippen LogP contribution in [-0.2, 0) is 9.59 Å². The second-order valence-corrected chi connectivity index (χ2v) is 9.37. The van der Waals surface area contributed by atoms with E-state index in [2.05, 4.69) is 20.4 Å². The minimum absolute atomic E-state index is 0.216. The van der Waals surface area contributed by atoms with Crippen LogP contribution < -0.4 is 25.0 Å². The lowest BCUT2D eigenvalue weighted by molar-refractivity contribution is -0.118. The van der Waals surface area contributed by atoms with Crippen LogP contribution in [0.1, 0.15) is 12.5 Å². The van der Waals surface area contributed by atoms with Crippen molar-refractivity contribution in [3.63, 3.8) is 0 Å². The van der Waals surface area contributed by atoms with E-state index < -0.39 is 11.5 Å². The third kappa shape index (κ3) is 4.08. The first-order chi connectivity index (χ1) is 18.5. The average Bonchev–Trinajstić information content (AvgIpc) is 3.57. The number of nitrogens with zero attached hydrogens (tertiary/aromatic N) is 5. The van der Waals surface area contributed by atoms with E-state index in [1.807, 2.05) is 6.92 Å². The van der Waals surface area contributed by atoms with Crippen molar-refractivity contribution in [1.82, 2.24) is 19.6 Å². The Hall–Kier alpha value is -4.90. The lowest BCUT2D eigenvalue weighted by Gasteiger charge is -2.16. The molecule has 188 valence electrons. The summed E-state index contributed by atoms with van der Waals surface area (Å²) in [5.74, 6) is 0.279. The first-order valence-electron chi connectivity index (χ1n) is 11.8.